The van der Waals surface area contributed by atoms with E-state index in [2.05, 4.69) is 0 Å². The smallest absolute Gasteiger partial charge is 0.182 e. The van der Waals surface area contributed by atoms with Crippen molar-refractivity contribution >= 4 is 37.1 Å². The molecule has 0 amide bonds. The number of ketones is 1. The largest absolute Gasteiger partial charge is 0.299 e. The third kappa shape index (κ3) is 5.91. The van der Waals surface area contributed by atoms with E-state index >= 15 is 0 Å². The van der Waals surface area contributed by atoms with E-state index in [9.17, 15) is 21.6 Å². The first kappa shape index (κ1) is 31.7. The summed E-state index contributed by atoms with van der Waals surface area (Å²) >= 11 is 6.21. The van der Waals surface area contributed by atoms with Gasteiger partial charge in [0.25, 0.3) is 0 Å². The molecule has 0 aromatic heterocycles. The van der Waals surface area contributed by atoms with E-state index < -0.39 is 53.8 Å². The Labute approximate surface area is 271 Å². The number of fused-ring (bicyclic) bond motifs is 1. The molecular weight excluding hydrogens is 624 g/mol. The predicted molar refractivity (Wildman–Crippen MR) is 178 cm³/mol. The maximum Gasteiger partial charge on any atom is 0.182 e. The molecule has 8 heteroatoms. The lowest BCUT2D eigenvalue weighted by atomic mass is 9.61. The van der Waals surface area contributed by atoms with Crippen molar-refractivity contribution in [3.63, 3.8) is 0 Å². The van der Waals surface area contributed by atoms with Crippen molar-refractivity contribution < 1.29 is 21.6 Å². The lowest BCUT2D eigenvalue weighted by molar-refractivity contribution is -0.128. The number of hydrogen-bond acceptors (Lipinski definition) is 5. The molecule has 6 rings (SSSR count). The fraction of sp³-hybridized carbons (Fsp3) is 0.324. The number of sulfone groups is 2. The summed E-state index contributed by atoms with van der Waals surface area (Å²) in [7, 11) is -7.81. The lowest BCUT2D eigenvalue weighted by Crippen LogP contribution is -2.53. The lowest BCUT2D eigenvalue weighted by Gasteiger charge is -2.48. The number of carbonyl (C=O) groups is 1. The molecule has 2 fully saturated rings. The molecule has 45 heavy (non-hydrogen) atoms. The van der Waals surface area contributed by atoms with Gasteiger partial charge in [0, 0.05) is 29.2 Å². The van der Waals surface area contributed by atoms with E-state index in [0.717, 1.165) is 22.3 Å². The van der Waals surface area contributed by atoms with Crippen LogP contribution in [0.1, 0.15) is 58.9 Å². The average Bonchev–Trinajstić information content (AvgIpc) is 3.01. The molecule has 4 aromatic rings. The zero-order valence-corrected chi connectivity index (χ0v) is 27.9. The highest BCUT2D eigenvalue weighted by molar-refractivity contribution is 7.92. The summed E-state index contributed by atoms with van der Waals surface area (Å²) in [6.07, 6.45) is 0.353. The Morgan fingerprint density at radius 1 is 0.622 bits per heavy atom. The fourth-order valence-electron chi connectivity index (χ4n) is 7.61. The van der Waals surface area contributed by atoms with Crippen molar-refractivity contribution in [1.29, 1.82) is 0 Å². The number of halogens is 1. The minimum Gasteiger partial charge on any atom is -0.299 e. The zero-order chi connectivity index (χ0) is 32.1. The van der Waals surface area contributed by atoms with Crippen LogP contribution in [0.2, 0.25) is 5.02 Å². The molecule has 2 unspecified atom stereocenters. The second-order valence-corrected chi connectivity index (χ2v) is 17.4. The summed E-state index contributed by atoms with van der Waals surface area (Å²) in [4.78, 5) is 14.6. The van der Waals surface area contributed by atoms with Crippen LogP contribution < -0.4 is 0 Å². The average molecular weight is 661 g/mol. The van der Waals surface area contributed by atoms with Crippen LogP contribution in [0.5, 0.6) is 0 Å². The molecule has 2 aliphatic rings. The van der Waals surface area contributed by atoms with Gasteiger partial charge in [0.1, 0.15) is 5.78 Å². The maximum atomic E-state index is 14.8. The number of aryl methyl sites for hydroxylation is 3. The van der Waals surface area contributed by atoms with Gasteiger partial charge in [-0.1, -0.05) is 89.5 Å². The summed E-state index contributed by atoms with van der Waals surface area (Å²) in [6.45, 7) is 5.67. The minimum atomic E-state index is -3.95. The number of carbonyl (C=O) groups excluding carboxylic acids is 1. The summed E-state index contributed by atoms with van der Waals surface area (Å²) in [5, 5.41) is -1.27. The quantitative estimate of drug-likeness (QED) is 0.211. The molecule has 0 heterocycles. The van der Waals surface area contributed by atoms with Gasteiger partial charge in [0.05, 0.1) is 20.3 Å². The first-order chi connectivity index (χ1) is 21.4. The molecule has 4 aromatic carbocycles. The Kier molecular flexibility index (Phi) is 8.57. The van der Waals surface area contributed by atoms with Crippen LogP contribution in [0.4, 0.5) is 0 Å². The van der Waals surface area contributed by atoms with Gasteiger partial charge in [-0.05, 0) is 86.6 Å². The number of hydrogen-bond donors (Lipinski definition) is 0. The molecule has 0 aliphatic heterocycles. The van der Waals surface area contributed by atoms with Gasteiger partial charge in [-0.2, -0.15) is 0 Å². The van der Waals surface area contributed by atoms with Crippen molar-refractivity contribution in [3.05, 3.63) is 130 Å². The number of rotatable bonds is 6. The molecule has 0 spiro atoms. The maximum absolute atomic E-state index is 14.8. The van der Waals surface area contributed by atoms with Crippen molar-refractivity contribution in [2.24, 2.45) is 11.8 Å². The normalized spacial score (nSPS) is 25.5. The molecule has 0 radical (unpaired) electrons. The molecule has 2 saturated carbocycles. The molecule has 6 atom stereocenters. The minimum absolute atomic E-state index is 0.0189. The fourth-order valence-corrected chi connectivity index (χ4v) is 12.3. The van der Waals surface area contributed by atoms with Crippen LogP contribution in [0.25, 0.3) is 0 Å². The highest BCUT2D eigenvalue weighted by Crippen LogP contribution is 2.54. The molecular formula is C37H37ClO5S2. The van der Waals surface area contributed by atoms with E-state index in [1.807, 2.05) is 56.3 Å². The van der Waals surface area contributed by atoms with E-state index in [1.54, 1.807) is 61.5 Å². The van der Waals surface area contributed by atoms with Gasteiger partial charge in [-0.3, -0.25) is 4.79 Å². The third-order valence-corrected chi connectivity index (χ3v) is 14.9. The van der Waals surface area contributed by atoms with Crippen LogP contribution in [0, 0.1) is 32.6 Å². The standard InChI is InChI=1S/C37H37ClO5S2/c1-23-8-12-26(13-9-23)30-20-33-32(22-36(30)44(40,41)29-18-10-24(2)11-19-29)34(39)21-31(27-14-16-28(38)17-15-27)37(33)45(42,43)35-7-5-4-6-25(35)3/h4-19,30-33,36-37H,20-22H2,1-3H3/t30-,31-,32+,33-,36?,37?/m0/s1. The van der Waals surface area contributed by atoms with Crippen molar-refractivity contribution in [2.75, 3.05) is 0 Å². The Bertz CT molecular complexity index is 1930. The van der Waals surface area contributed by atoms with Gasteiger partial charge in [-0.25, -0.2) is 16.8 Å². The van der Waals surface area contributed by atoms with Crippen molar-refractivity contribution in [3.8, 4) is 0 Å². The summed E-state index contributed by atoms with van der Waals surface area (Å²) in [6, 6.07) is 28.7. The van der Waals surface area contributed by atoms with Crippen LogP contribution in [-0.2, 0) is 24.5 Å². The van der Waals surface area contributed by atoms with Crippen LogP contribution >= 0.6 is 11.6 Å². The SMILES string of the molecule is Cc1ccc([C@@H]2C[C@@H]3C(S(=O)(=O)c4ccccc4C)[C@H](c4ccc(Cl)cc4)CC(=O)[C@@H]3CC2S(=O)(=O)c2ccc(C)cc2)cc1. The Morgan fingerprint density at radius 2 is 1.18 bits per heavy atom. The molecule has 2 aliphatic carbocycles. The highest BCUT2D eigenvalue weighted by Gasteiger charge is 2.56. The Balaban J connectivity index is 1.52. The summed E-state index contributed by atoms with van der Waals surface area (Å²) in [5.74, 6) is -2.45. The van der Waals surface area contributed by atoms with Crippen LogP contribution in [0.3, 0.4) is 0 Å². The van der Waals surface area contributed by atoms with E-state index in [4.69, 9.17) is 11.6 Å². The summed E-state index contributed by atoms with van der Waals surface area (Å²) < 4.78 is 58.3. The van der Waals surface area contributed by atoms with Crippen LogP contribution in [-0.4, -0.2) is 33.1 Å². The van der Waals surface area contributed by atoms with Crippen molar-refractivity contribution in [2.45, 2.75) is 72.2 Å². The number of benzene rings is 4. The third-order valence-electron chi connectivity index (χ3n) is 9.94. The molecule has 0 N–H and O–H groups in total. The van der Waals surface area contributed by atoms with E-state index in [0.29, 0.717) is 10.6 Å². The number of Topliss-reactive ketones (excluding diaryl/α,β-unsaturated/α-hetero) is 1. The van der Waals surface area contributed by atoms with Crippen molar-refractivity contribution in [1.82, 2.24) is 0 Å². The molecule has 0 bridgehead atoms. The first-order valence-electron chi connectivity index (χ1n) is 15.3. The van der Waals surface area contributed by atoms with Gasteiger partial charge in [0.2, 0.25) is 0 Å². The second kappa shape index (κ2) is 12.2. The second-order valence-electron chi connectivity index (χ2n) is 12.8. The Hall–Kier alpha value is -3.26. The summed E-state index contributed by atoms with van der Waals surface area (Å²) in [5.41, 5.74) is 4.22. The molecule has 0 saturated heterocycles. The van der Waals surface area contributed by atoms with Gasteiger partial charge in [0.15, 0.2) is 19.7 Å². The monoisotopic (exact) mass is 660 g/mol. The predicted octanol–water partition coefficient (Wildman–Crippen LogP) is 7.82. The van der Waals surface area contributed by atoms with Crippen LogP contribution in [0.15, 0.2) is 107 Å². The first-order valence-corrected chi connectivity index (χ1v) is 18.8. The zero-order valence-electron chi connectivity index (χ0n) is 25.6. The molecule has 234 valence electrons. The molecule has 5 nitrogen and oxygen atoms in total. The Morgan fingerprint density at radius 3 is 1.80 bits per heavy atom. The van der Waals surface area contributed by atoms with Gasteiger partial charge >= 0.3 is 0 Å². The van der Waals surface area contributed by atoms with E-state index in [-0.39, 0.29) is 34.8 Å². The van der Waals surface area contributed by atoms with E-state index in [1.165, 1.54) is 0 Å². The van der Waals surface area contributed by atoms with Gasteiger partial charge < -0.3 is 0 Å². The topological polar surface area (TPSA) is 85.3 Å². The van der Waals surface area contributed by atoms with Gasteiger partial charge in [-0.15, -0.1) is 0 Å². The highest BCUT2D eigenvalue weighted by atomic mass is 35.5.